The van der Waals surface area contributed by atoms with Crippen molar-refractivity contribution in [2.75, 3.05) is 23.7 Å². The third-order valence-corrected chi connectivity index (χ3v) is 6.25. The molecule has 0 saturated heterocycles. The van der Waals surface area contributed by atoms with Crippen LogP contribution in [0.25, 0.3) is 16.9 Å². The summed E-state index contributed by atoms with van der Waals surface area (Å²) in [6.07, 6.45) is -3.37. The van der Waals surface area contributed by atoms with Gasteiger partial charge in [-0.05, 0) is 42.8 Å². The summed E-state index contributed by atoms with van der Waals surface area (Å²) in [4.78, 5) is 27.4. The Morgan fingerprint density at radius 3 is 2.30 bits per heavy atom. The van der Waals surface area contributed by atoms with E-state index < -0.39 is 23.7 Å². The highest BCUT2D eigenvalue weighted by atomic mass is 35.5. The highest BCUT2D eigenvalue weighted by Gasteiger charge is 2.34. The number of urea groups is 1. The predicted molar refractivity (Wildman–Crippen MR) is 150 cm³/mol. The predicted octanol–water partition coefficient (Wildman–Crippen LogP) is 7.48. The highest BCUT2D eigenvalue weighted by Crippen LogP contribution is 2.34. The maximum atomic E-state index is 13.4. The molecule has 1 aromatic heterocycles. The van der Waals surface area contributed by atoms with Crippen LogP contribution in [-0.2, 0) is 11.0 Å². The third-order valence-electron chi connectivity index (χ3n) is 5.99. The van der Waals surface area contributed by atoms with Gasteiger partial charge in [0.15, 0.2) is 0 Å². The van der Waals surface area contributed by atoms with Gasteiger partial charge < -0.3 is 15.5 Å². The molecule has 0 unspecified atom stereocenters. The second kappa shape index (κ2) is 12.7. The standard InChI is InChI=1S/C29H27ClF3N5O2/c1-2-3-17-37(28(40)34-24-12-8-7-11-23(24)29(31,32)33)19-27(39)35-26-18-25(20-9-5-4-6-10-20)36-38(26)22-15-13-21(30)14-16-22/h4-16,18H,2-3,17,19H2,1H3,(H,34,40)(H,35,39). The minimum Gasteiger partial charge on any atom is -0.315 e. The van der Waals surface area contributed by atoms with E-state index in [4.69, 9.17) is 11.6 Å². The molecule has 0 aliphatic heterocycles. The molecule has 0 aliphatic rings. The summed E-state index contributed by atoms with van der Waals surface area (Å²) < 4.78 is 41.9. The molecule has 0 bridgehead atoms. The Labute approximate surface area is 234 Å². The zero-order chi connectivity index (χ0) is 28.7. The van der Waals surface area contributed by atoms with Crippen LogP contribution in [0.15, 0.2) is 84.9 Å². The number of para-hydroxylation sites is 1. The topological polar surface area (TPSA) is 79.3 Å². The number of carbonyl (C=O) groups is 2. The average molecular weight is 570 g/mol. The van der Waals surface area contributed by atoms with E-state index in [1.807, 2.05) is 37.3 Å². The average Bonchev–Trinajstić information content (AvgIpc) is 3.35. The quantitative estimate of drug-likeness (QED) is 0.219. The van der Waals surface area contributed by atoms with Crippen LogP contribution in [-0.4, -0.2) is 39.7 Å². The van der Waals surface area contributed by atoms with Gasteiger partial charge in [0, 0.05) is 23.2 Å². The van der Waals surface area contributed by atoms with E-state index >= 15 is 0 Å². The third kappa shape index (κ3) is 7.20. The Balaban J connectivity index is 1.57. The van der Waals surface area contributed by atoms with Gasteiger partial charge in [-0.25, -0.2) is 9.48 Å². The van der Waals surface area contributed by atoms with Gasteiger partial charge in [0.25, 0.3) is 0 Å². The fourth-order valence-electron chi connectivity index (χ4n) is 3.99. The highest BCUT2D eigenvalue weighted by molar-refractivity contribution is 6.30. The number of anilines is 2. The number of aromatic nitrogens is 2. The van der Waals surface area contributed by atoms with Crippen molar-refractivity contribution in [2.45, 2.75) is 25.9 Å². The van der Waals surface area contributed by atoms with Crippen LogP contribution in [0.5, 0.6) is 0 Å². The number of benzene rings is 3. The van der Waals surface area contributed by atoms with Crippen LogP contribution in [0.1, 0.15) is 25.3 Å². The Kier molecular flexibility index (Phi) is 9.11. The van der Waals surface area contributed by atoms with Crippen molar-refractivity contribution >= 4 is 35.0 Å². The lowest BCUT2D eigenvalue weighted by atomic mass is 10.1. The molecule has 4 aromatic rings. The molecule has 3 amide bonds. The number of rotatable bonds is 9. The molecule has 1 heterocycles. The lowest BCUT2D eigenvalue weighted by Gasteiger charge is -2.23. The summed E-state index contributed by atoms with van der Waals surface area (Å²) in [5, 5.41) is 10.3. The van der Waals surface area contributed by atoms with Crippen LogP contribution < -0.4 is 10.6 Å². The van der Waals surface area contributed by atoms with Crippen LogP contribution in [0.2, 0.25) is 5.02 Å². The van der Waals surface area contributed by atoms with Crippen LogP contribution in [0.3, 0.4) is 0 Å². The lowest BCUT2D eigenvalue weighted by Crippen LogP contribution is -2.41. The van der Waals surface area contributed by atoms with Crippen LogP contribution in [0.4, 0.5) is 29.5 Å². The minimum atomic E-state index is -4.65. The number of nitrogens with zero attached hydrogens (tertiary/aromatic N) is 3. The second-order valence-electron chi connectivity index (χ2n) is 8.97. The van der Waals surface area contributed by atoms with Crippen molar-refractivity contribution in [3.05, 3.63) is 95.5 Å². The van der Waals surface area contributed by atoms with Gasteiger partial charge in [0.2, 0.25) is 5.91 Å². The van der Waals surface area contributed by atoms with Gasteiger partial charge in [-0.2, -0.15) is 18.3 Å². The molecule has 7 nitrogen and oxygen atoms in total. The van der Waals surface area contributed by atoms with Gasteiger partial charge in [-0.15, -0.1) is 0 Å². The molecule has 3 aromatic carbocycles. The molecule has 40 heavy (non-hydrogen) atoms. The van der Waals surface area contributed by atoms with E-state index in [2.05, 4.69) is 15.7 Å². The first-order valence-electron chi connectivity index (χ1n) is 12.6. The molecule has 0 fully saturated rings. The van der Waals surface area contributed by atoms with Crippen molar-refractivity contribution in [2.24, 2.45) is 0 Å². The number of carbonyl (C=O) groups excluding carboxylic acids is 2. The normalized spacial score (nSPS) is 11.2. The minimum absolute atomic E-state index is 0.176. The van der Waals surface area contributed by atoms with E-state index in [0.717, 1.165) is 11.6 Å². The Bertz CT molecular complexity index is 1460. The van der Waals surface area contributed by atoms with Gasteiger partial charge in [-0.1, -0.05) is 67.4 Å². The van der Waals surface area contributed by atoms with Gasteiger partial charge in [0.1, 0.15) is 12.4 Å². The summed E-state index contributed by atoms with van der Waals surface area (Å²) in [5.74, 6) is -0.186. The summed E-state index contributed by atoms with van der Waals surface area (Å²) in [5.41, 5.74) is 0.734. The number of nitrogens with one attached hydrogen (secondary N) is 2. The number of unbranched alkanes of at least 4 members (excludes halogenated alkanes) is 1. The molecule has 0 saturated carbocycles. The van der Waals surface area contributed by atoms with Crippen molar-refractivity contribution in [3.8, 4) is 16.9 Å². The molecular formula is C29H27ClF3N5O2. The molecule has 0 radical (unpaired) electrons. The van der Waals surface area contributed by atoms with Crippen molar-refractivity contribution in [3.63, 3.8) is 0 Å². The first-order valence-corrected chi connectivity index (χ1v) is 13.0. The maximum absolute atomic E-state index is 13.4. The molecular weight excluding hydrogens is 543 g/mol. The number of amides is 3. The molecule has 4 rings (SSSR count). The van der Waals surface area contributed by atoms with Crippen molar-refractivity contribution in [1.29, 1.82) is 0 Å². The maximum Gasteiger partial charge on any atom is 0.418 e. The van der Waals surface area contributed by atoms with Gasteiger partial charge in [0.05, 0.1) is 22.6 Å². The number of hydrogen-bond donors (Lipinski definition) is 2. The lowest BCUT2D eigenvalue weighted by molar-refractivity contribution is -0.137. The monoisotopic (exact) mass is 569 g/mol. The first-order chi connectivity index (χ1) is 19.2. The summed E-state index contributed by atoms with van der Waals surface area (Å²) >= 11 is 6.04. The zero-order valence-corrected chi connectivity index (χ0v) is 22.3. The van der Waals surface area contributed by atoms with Gasteiger partial charge >= 0.3 is 12.2 Å². The number of hydrogen-bond acceptors (Lipinski definition) is 3. The summed E-state index contributed by atoms with van der Waals surface area (Å²) in [6, 6.07) is 21.9. The van der Waals surface area contributed by atoms with E-state index in [9.17, 15) is 22.8 Å². The van der Waals surface area contributed by atoms with E-state index in [0.29, 0.717) is 35.1 Å². The fraction of sp³-hybridized carbons (Fsp3) is 0.207. The van der Waals surface area contributed by atoms with Crippen LogP contribution >= 0.6 is 11.6 Å². The largest absolute Gasteiger partial charge is 0.418 e. The Morgan fingerprint density at radius 1 is 0.950 bits per heavy atom. The molecule has 0 spiro atoms. The van der Waals surface area contributed by atoms with Crippen LogP contribution in [0, 0.1) is 0 Å². The van der Waals surface area contributed by atoms with E-state index in [-0.39, 0.29) is 18.8 Å². The molecule has 208 valence electrons. The van der Waals surface area contributed by atoms with Crippen molar-refractivity contribution in [1.82, 2.24) is 14.7 Å². The first kappa shape index (κ1) is 28.7. The number of alkyl halides is 3. The van der Waals surface area contributed by atoms with E-state index in [1.54, 1.807) is 35.0 Å². The Morgan fingerprint density at radius 2 is 1.62 bits per heavy atom. The SMILES string of the molecule is CCCCN(CC(=O)Nc1cc(-c2ccccc2)nn1-c1ccc(Cl)cc1)C(=O)Nc1ccccc1C(F)(F)F. The number of halogens is 4. The van der Waals surface area contributed by atoms with E-state index in [1.165, 1.54) is 23.1 Å². The van der Waals surface area contributed by atoms with Crippen molar-refractivity contribution < 1.29 is 22.8 Å². The van der Waals surface area contributed by atoms with Gasteiger partial charge in [-0.3, -0.25) is 4.79 Å². The molecule has 0 atom stereocenters. The smallest absolute Gasteiger partial charge is 0.315 e. The fourth-order valence-corrected chi connectivity index (χ4v) is 4.12. The second-order valence-corrected chi connectivity index (χ2v) is 9.40. The molecule has 0 aliphatic carbocycles. The zero-order valence-electron chi connectivity index (χ0n) is 21.6. The molecule has 2 N–H and O–H groups in total. The Hall–Kier alpha value is -4.31. The summed E-state index contributed by atoms with van der Waals surface area (Å²) in [7, 11) is 0. The molecule has 11 heteroatoms. The summed E-state index contributed by atoms with van der Waals surface area (Å²) in [6.45, 7) is 1.70.